The van der Waals surface area contributed by atoms with Gasteiger partial charge in [0.1, 0.15) is 0 Å². The molecule has 0 bridgehead atoms. The molecule has 1 aromatic rings. The van der Waals surface area contributed by atoms with Crippen molar-refractivity contribution in [1.82, 2.24) is 5.32 Å². The van der Waals surface area contributed by atoms with E-state index >= 15 is 0 Å². The molecule has 0 fully saturated rings. The standard InChI is InChI=1S/C11H19N3O3S/c1-17-9-8-13-6-7-14-10-2-4-11(5-3-10)18(12,15)16/h2-5,13-14H,6-9H2,1H3,(H2,12,15,16). The first kappa shape index (κ1) is 14.9. The van der Waals surface area contributed by atoms with Gasteiger partial charge in [0.2, 0.25) is 10.0 Å². The Hall–Kier alpha value is -1.15. The number of nitrogens with one attached hydrogen (secondary N) is 2. The van der Waals surface area contributed by atoms with Gasteiger partial charge in [-0.1, -0.05) is 0 Å². The van der Waals surface area contributed by atoms with E-state index in [0.29, 0.717) is 6.61 Å². The minimum atomic E-state index is -3.61. The third-order valence-electron chi connectivity index (χ3n) is 2.30. The van der Waals surface area contributed by atoms with Crippen molar-refractivity contribution in [2.75, 3.05) is 38.7 Å². The van der Waals surface area contributed by atoms with E-state index in [-0.39, 0.29) is 4.90 Å². The van der Waals surface area contributed by atoms with Gasteiger partial charge in [-0.25, -0.2) is 13.6 Å². The number of hydrogen-bond donors (Lipinski definition) is 3. The Morgan fingerprint density at radius 1 is 1.17 bits per heavy atom. The number of nitrogens with two attached hydrogens (primary N) is 1. The molecular formula is C11H19N3O3S. The Balaban J connectivity index is 2.32. The number of anilines is 1. The quantitative estimate of drug-likeness (QED) is 0.579. The largest absolute Gasteiger partial charge is 0.384 e. The summed E-state index contributed by atoms with van der Waals surface area (Å²) in [5.74, 6) is 0. The number of sulfonamides is 1. The molecule has 1 aromatic carbocycles. The molecule has 6 nitrogen and oxygen atoms in total. The zero-order chi connectivity index (χ0) is 13.4. The molecule has 0 saturated carbocycles. The van der Waals surface area contributed by atoms with Crippen LogP contribution >= 0.6 is 0 Å². The third kappa shape index (κ3) is 5.46. The summed E-state index contributed by atoms with van der Waals surface area (Å²) in [4.78, 5) is 0.117. The van der Waals surface area contributed by atoms with Gasteiger partial charge in [-0.05, 0) is 24.3 Å². The lowest BCUT2D eigenvalue weighted by Gasteiger charge is -2.08. The molecule has 0 aliphatic carbocycles. The summed E-state index contributed by atoms with van der Waals surface area (Å²) in [6.45, 7) is 3.05. The Morgan fingerprint density at radius 2 is 1.83 bits per heavy atom. The first-order valence-corrected chi connectivity index (χ1v) is 7.15. The summed E-state index contributed by atoms with van der Waals surface area (Å²) in [7, 11) is -1.95. The smallest absolute Gasteiger partial charge is 0.238 e. The van der Waals surface area contributed by atoms with E-state index < -0.39 is 10.0 Å². The molecule has 0 unspecified atom stereocenters. The highest BCUT2D eigenvalue weighted by Gasteiger charge is 2.06. The maximum Gasteiger partial charge on any atom is 0.238 e. The molecule has 0 spiro atoms. The van der Waals surface area contributed by atoms with Crippen LogP contribution in [0, 0.1) is 0 Å². The molecule has 0 aromatic heterocycles. The van der Waals surface area contributed by atoms with Crippen molar-refractivity contribution in [3.63, 3.8) is 0 Å². The van der Waals surface area contributed by atoms with Crippen molar-refractivity contribution in [2.45, 2.75) is 4.90 Å². The minimum absolute atomic E-state index is 0.117. The van der Waals surface area contributed by atoms with Crippen LogP contribution in [0.25, 0.3) is 0 Å². The van der Waals surface area contributed by atoms with E-state index in [1.165, 1.54) is 12.1 Å². The van der Waals surface area contributed by atoms with E-state index in [1.807, 2.05) is 0 Å². The SMILES string of the molecule is COCCNCCNc1ccc(S(N)(=O)=O)cc1. The molecule has 0 saturated heterocycles. The fourth-order valence-electron chi connectivity index (χ4n) is 1.36. The number of benzene rings is 1. The second-order valence-electron chi connectivity index (χ2n) is 3.74. The second-order valence-corrected chi connectivity index (χ2v) is 5.30. The van der Waals surface area contributed by atoms with Crippen LogP contribution in [0.4, 0.5) is 5.69 Å². The van der Waals surface area contributed by atoms with Gasteiger partial charge in [0, 0.05) is 32.4 Å². The lowest BCUT2D eigenvalue weighted by molar-refractivity contribution is 0.200. The van der Waals surface area contributed by atoms with Gasteiger partial charge >= 0.3 is 0 Å². The van der Waals surface area contributed by atoms with Crippen LogP contribution in [0.15, 0.2) is 29.2 Å². The normalized spacial score (nSPS) is 11.4. The Kier molecular flexibility index (Phi) is 6.06. The van der Waals surface area contributed by atoms with Gasteiger partial charge in [0.25, 0.3) is 0 Å². The molecule has 0 aliphatic rings. The fraction of sp³-hybridized carbons (Fsp3) is 0.455. The predicted octanol–water partition coefficient (Wildman–Crippen LogP) is -0.0181. The summed E-state index contributed by atoms with van der Waals surface area (Å²) in [6.07, 6.45) is 0. The van der Waals surface area contributed by atoms with Crippen molar-refractivity contribution < 1.29 is 13.2 Å². The monoisotopic (exact) mass is 273 g/mol. The highest BCUT2D eigenvalue weighted by atomic mass is 32.2. The third-order valence-corrected chi connectivity index (χ3v) is 3.23. The maximum atomic E-state index is 11.0. The topological polar surface area (TPSA) is 93.4 Å². The fourth-order valence-corrected chi connectivity index (χ4v) is 1.87. The van der Waals surface area contributed by atoms with Gasteiger partial charge in [0.05, 0.1) is 11.5 Å². The molecule has 1 rings (SSSR count). The molecule has 18 heavy (non-hydrogen) atoms. The van der Waals surface area contributed by atoms with E-state index in [4.69, 9.17) is 9.88 Å². The van der Waals surface area contributed by atoms with Gasteiger partial charge in [0.15, 0.2) is 0 Å². The molecule has 0 atom stereocenters. The van der Waals surface area contributed by atoms with Crippen molar-refractivity contribution in [3.05, 3.63) is 24.3 Å². The molecule has 4 N–H and O–H groups in total. The van der Waals surface area contributed by atoms with E-state index in [2.05, 4.69) is 10.6 Å². The first-order valence-electron chi connectivity index (χ1n) is 5.60. The summed E-state index contributed by atoms with van der Waals surface area (Å²) in [5, 5.41) is 11.4. The average Bonchev–Trinajstić information content (AvgIpc) is 2.33. The second kappa shape index (κ2) is 7.32. The van der Waals surface area contributed by atoms with Gasteiger partial charge in [-0.15, -0.1) is 0 Å². The van der Waals surface area contributed by atoms with Crippen LogP contribution in [-0.2, 0) is 14.8 Å². The molecule has 0 radical (unpaired) electrons. The van der Waals surface area contributed by atoms with Gasteiger partial charge in [-0.2, -0.15) is 0 Å². The van der Waals surface area contributed by atoms with Crippen LogP contribution in [0.1, 0.15) is 0 Å². The molecule has 0 heterocycles. The van der Waals surface area contributed by atoms with Gasteiger partial charge in [-0.3, -0.25) is 0 Å². The Labute approximate surface area is 108 Å². The van der Waals surface area contributed by atoms with E-state index in [0.717, 1.165) is 25.3 Å². The van der Waals surface area contributed by atoms with Crippen LogP contribution in [0.5, 0.6) is 0 Å². The summed E-state index contributed by atoms with van der Waals surface area (Å²) < 4.78 is 27.0. The molecular weight excluding hydrogens is 254 g/mol. The van der Waals surface area contributed by atoms with Crippen LogP contribution in [-0.4, -0.2) is 41.8 Å². The number of rotatable bonds is 8. The molecule has 102 valence electrons. The minimum Gasteiger partial charge on any atom is -0.384 e. The summed E-state index contributed by atoms with van der Waals surface area (Å²) >= 11 is 0. The molecule has 7 heteroatoms. The van der Waals surface area contributed by atoms with Crippen molar-refractivity contribution >= 4 is 15.7 Å². The van der Waals surface area contributed by atoms with Crippen molar-refractivity contribution in [1.29, 1.82) is 0 Å². The zero-order valence-corrected chi connectivity index (χ0v) is 11.2. The highest BCUT2D eigenvalue weighted by molar-refractivity contribution is 7.89. The summed E-state index contributed by atoms with van der Waals surface area (Å²) in [6, 6.07) is 6.34. The van der Waals surface area contributed by atoms with E-state index in [1.54, 1.807) is 19.2 Å². The Morgan fingerprint density at radius 3 is 2.39 bits per heavy atom. The van der Waals surface area contributed by atoms with E-state index in [9.17, 15) is 8.42 Å². The lowest BCUT2D eigenvalue weighted by atomic mass is 10.3. The number of ether oxygens (including phenoxy) is 1. The Bertz CT molecular complexity index is 445. The highest BCUT2D eigenvalue weighted by Crippen LogP contribution is 2.11. The summed E-state index contributed by atoms with van der Waals surface area (Å²) in [5.41, 5.74) is 0.857. The maximum absolute atomic E-state index is 11.0. The number of methoxy groups -OCH3 is 1. The first-order chi connectivity index (χ1) is 8.54. The van der Waals surface area contributed by atoms with Crippen LogP contribution in [0.2, 0.25) is 0 Å². The van der Waals surface area contributed by atoms with Crippen molar-refractivity contribution in [2.24, 2.45) is 5.14 Å². The van der Waals surface area contributed by atoms with Crippen LogP contribution < -0.4 is 15.8 Å². The predicted molar refractivity (Wildman–Crippen MR) is 71.1 cm³/mol. The molecule has 0 amide bonds. The lowest BCUT2D eigenvalue weighted by Crippen LogP contribution is -2.25. The van der Waals surface area contributed by atoms with Gasteiger partial charge < -0.3 is 15.4 Å². The number of hydrogen-bond acceptors (Lipinski definition) is 5. The average molecular weight is 273 g/mol. The van der Waals surface area contributed by atoms with Crippen LogP contribution in [0.3, 0.4) is 0 Å². The number of primary sulfonamides is 1. The molecule has 0 aliphatic heterocycles. The van der Waals surface area contributed by atoms with Crippen molar-refractivity contribution in [3.8, 4) is 0 Å². The zero-order valence-electron chi connectivity index (χ0n) is 10.3.